The van der Waals surface area contributed by atoms with Gasteiger partial charge in [0.2, 0.25) is 6.72 Å². The summed E-state index contributed by atoms with van der Waals surface area (Å²) in [6.45, 7) is -3.55. The Bertz CT molecular complexity index is 470. The summed E-state index contributed by atoms with van der Waals surface area (Å²) >= 11 is 4.82. The van der Waals surface area contributed by atoms with Gasteiger partial charge in [0, 0.05) is 0 Å². The predicted molar refractivity (Wildman–Crippen MR) is 68.4 cm³/mol. The van der Waals surface area contributed by atoms with Gasteiger partial charge in [0.15, 0.2) is 0 Å². The summed E-state index contributed by atoms with van der Waals surface area (Å²) < 4.78 is 10.3. The fraction of sp³-hybridized carbons (Fsp3) is 0. The second-order valence-electron chi connectivity index (χ2n) is 3.26. The molecule has 5 heteroatoms. The Morgan fingerprint density at radius 1 is 0.765 bits per heavy atom. The molecule has 0 fully saturated rings. The van der Waals surface area contributed by atoms with Gasteiger partial charge in [0.25, 0.3) is 0 Å². The SMILES string of the molecule is [O-]P(=S)(Oc1ccccc1)Oc1ccccc1. The van der Waals surface area contributed by atoms with Crippen molar-refractivity contribution in [3.8, 4) is 11.5 Å². The van der Waals surface area contributed by atoms with E-state index in [0.29, 0.717) is 11.5 Å². The normalized spacial score (nSPS) is 10.9. The van der Waals surface area contributed by atoms with E-state index in [2.05, 4.69) is 0 Å². The van der Waals surface area contributed by atoms with Crippen LogP contribution in [0.1, 0.15) is 0 Å². The fourth-order valence-electron chi connectivity index (χ4n) is 1.24. The lowest BCUT2D eigenvalue weighted by atomic mass is 10.3. The monoisotopic (exact) mass is 265 g/mol. The molecule has 0 aliphatic rings. The lowest BCUT2D eigenvalue weighted by Crippen LogP contribution is -2.12. The van der Waals surface area contributed by atoms with Gasteiger partial charge in [-0.25, -0.2) is 0 Å². The molecule has 2 aromatic carbocycles. The van der Waals surface area contributed by atoms with E-state index in [4.69, 9.17) is 20.9 Å². The van der Waals surface area contributed by atoms with E-state index in [9.17, 15) is 4.89 Å². The van der Waals surface area contributed by atoms with Crippen molar-refractivity contribution in [1.29, 1.82) is 0 Å². The average Bonchev–Trinajstić information content (AvgIpc) is 2.30. The number of benzene rings is 2. The molecule has 2 aromatic rings. The molecule has 2 rings (SSSR count). The van der Waals surface area contributed by atoms with Crippen molar-refractivity contribution in [3.05, 3.63) is 60.7 Å². The molecule has 0 spiro atoms. The second-order valence-corrected chi connectivity index (χ2v) is 5.86. The molecule has 0 saturated heterocycles. The Hall–Kier alpha value is -1.35. The molecule has 17 heavy (non-hydrogen) atoms. The van der Waals surface area contributed by atoms with Gasteiger partial charge in [0.1, 0.15) is 11.5 Å². The van der Waals surface area contributed by atoms with Gasteiger partial charge >= 0.3 is 0 Å². The molecule has 0 N–H and O–H groups in total. The molecule has 3 nitrogen and oxygen atoms in total. The van der Waals surface area contributed by atoms with Crippen molar-refractivity contribution in [1.82, 2.24) is 0 Å². The van der Waals surface area contributed by atoms with Crippen molar-refractivity contribution in [2.75, 3.05) is 0 Å². The van der Waals surface area contributed by atoms with Crippen LogP contribution in [0.25, 0.3) is 0 Å². The highest BCUT2D eigenvalue weighted by atomic mass is 32.5. The number of hydrogen-bond acceptors (Lipinski definition) is 4. The lowest BCUT2D eigenvalue weighted by Gasteiger charge is -2.28. The summed E-state index contributed by atoms with van der Waals surface area (Å²) in [4.78, 5) is 11.9. The Labute approximate surface area is 105 Å². The van der Waals surface area contributed by atoms with Crippen molar-refractivity contribution in [2.45, 2.75) is 0 Å². The largest absolute Gasteiger partial charge is 0.760 e. The van der Waals surface area contributed by atoms with Crippen molar-refractivity contribution >= 4 is 18.5 Å². The quantitative estimate of drug-likeness (QED) is 0.797. The molecule has 88 valence electrons. The maximum Gasteiger partial charge on any atom is 0.221 e. The van der Waals surface area contributed by atoms with Gasteiger partial charge < -0.3 is 13.9 Å². The molecule has 0 bridgehead atoms. The first-order valence-corrected chi connectivity index (χ1v) is 7.52. The molecule has 0 unspecified atom stereocenters. The molecule has 0 aliphatic heterocycles. The third-order valence-corrected chi connectivity index (χ3v) is 3.24. The minimum atomic E-state index is -3.55. The van der Waals surface area contributed by atoms with Crippen LogP contribution < -0.4 is 13.9 Å². The number of para-hydroxylation sites is 2. The van der Waals surface area contributed by atoms with Crippen LogP contribution >= 0.6 is 6.72 Å². The van der Waals surface area contributed by atoms with Crippen LogP contribution in [-0.4, -0.2) is 0 Å². The van der Waals surface area contributed by atoms with Gasteiger partial charge in [-0.15, -0.1) is 0 Å². The molecule has 0 radical (unpaired) electrons. The van der Waals surface area contributed by atoms with Gasteiger partial charge in [-0.05, 0) is 36.1 Å². The van der Waals surface area contributed by atoms with E-state index >= 15 is 0 Å². The third-order valence-electron chi connectivity index (χ3n) is 1.92. The maximum absolute atomic E-state index is 11.9. The van der Waals surface area contributed by atoms with Gasteiger partial charge in [-0.1, -0.05) is 36.4 Å². The topological polar surface area (TPSA) is 41.5 Å². The van der Waals surface area contributed by atoms with Crippen LogP contribution in [-0.2, 0) is 11.8 Å². The van der Waals surface area contributed by atoms with Crippen molar-refractivity contribution in [3.63, 3.8) is 0 Å². The Balaban J connectivity index is 2.07. The minimum Gasteiger partial charge on any atom is -0.760 e. The summed E-state index contributed by atoms with van der Waals surface area (Å²) in [7, 11) is 0. The van der Waals surface area contributed by atoms with Gasteiger partial charge in [-0.2, -0.15) is 0 Å². The maximum atomic E-state index is 11.9. The fourth-order valence-corrected chi connectivity index (χ4v) is 2.55. The van der Waals surface area contributed by atoms with Crippen LogP contribution in [0.4, 0.5) is 0 Å². The Morgan fingerprint density at radius 2 is 1.12 bits per heavy atom. The summed E-state index contributed by atoms with van der Waals surface area (Å²) in [6.07, 6.45) is 0. The molecular weight excluding hydrogens is 255 g/mol. The van der Waals surface area contributed by atoms with Crippen molar-refractivity contribution < 1.29 is 13.9 Å². The van der Waals surface area contributed by atoms with Crippen molar-refractivity contribution in [2.24, 2.45) is 0 Å². The zero-order valence-corrected chi connectivity index (χ0v) is 10.6. The van der Waals surface area contributed by atoms with E-state index in [1.807, 2.05) is 12.1 Å². The van der Waals surface area contributed by atoms with E-state index in [1.165, 1.54) is 0 Å². The molecule has 0 aliphatic carbocycles. The summed E-state index contributed by atoms with van der Waals surface area (Å²) in [6, 6.07) is 17.4. The van der Waals surface area contributed by atoms with Gasteiger partial charge in [-0.3, -0.25) is 0 Å². The van der Waals surface area contributed by atoms with E-state index in [-0.39, 0.29) is 0 Å². The highest BCUT2D eigenvalue weighted by molar-refractivity contribution is 8.06. The van der Waals surface area contributed by atoms with E-state index < -0.39 is 6.72 Å². The summed E-state index contributed by atoms with van der Waals surface area (Å²) in [5.41, 5.74) is 0. The predicted octanol–water partition coefficient (Wildman–Crippen LogP) is 2.73. The van der Waals surface area contributed by atoms with Crippen LogP contribution in [0.5, 0.6) is 11.5 Å². The van der Waals surface area contributed by atoms with Crippen LogP contribution in [0.3, 0.4) is 0 Å². The summed E-state index contributed by atoms with van der Waals surface area (Å²) in [5.74, 6) is 0.864. The zero-order valence-electron chi connectivity index (χ0n) is 8.85. The average molecular weight is 265 g/mol. The number of rotatable bonds is 4. The third kappa shape index (κ3) is 3.86. The molecule has 0 atom stereocenters. The standard InChI is InChI=1S/C12H11O3PS/c13-16(17,14-11-7-3-1-4-8-11)15-12-9-5-2-6-10-12/h1-10H,(H,13,17)/p-1. The molecular formula is C12H10O3PS-. The van der Waals surface area contributed by atoms with Gasteiger partial charge in [0.05, 0.1) is 0 Å². The first kappa shape index (κ1) is 12.1. The Morgan fingerprint density at radius 3 is 1.47 bits per heavy atom. The minimum absolute atomic E-state index is 0.432. The van der Waals surface area contributed by atoms with E-state index in [1.54, 1.807) is 48.5 Å². The zero-order chi connectivity index (χ0) is 12.1. The molecule has 0 amide bonds. The number of hydrogen-bond donors (Lipinski definition) is 0. The highest BCUT2D eigenvalue weighted by Gasteiger charge is 2.07. The Kier molecular flexibility index (Phi) is 3.79. The summed E-state index contributed by atoms with van der Waals surface area (Å²) in [5, 5.41) is 0. The van der Waals surface area contributed by atoms with E-state index in [0.717, 1.165) is 0 Å². The highest BCUT2D eigenvalue weighted by Crippen LogP contribution is 2.40. The molecule has 0 saturated carbocycles. The van der Waals surface area contributed by atoms with Crippen LogP contribution in [0.2, 0.25) is 0 Å². The second kappa shape index (κ2) is 5.32. The lowest BCUT2D eigenvalue weighted by molar-refractivity contribution is -0.191. The first-order valence-electron chi connectivity index (χ1n) is 4.96. The first-order chi connectivity index (χ1) is 8.16. The van der Waals surface area contributed by atoms with Crippen LogP contribution in [0, 0.1) is 0 Å². The molecule has 0 aromatic heterocycles. The van der Waals surface area contributed by atoms with Crippen LogP contribution in [0.15, 0.2) is 60.7 Å². The molecule has 0 heterocycles. The smallest absolute Gasteiger partial charge is 0.221 e.